The van der Waals surface area contributed by atoms with Crippen molar-refractivity contribution in [2.24, 2.45) is 0 Å². The molecule has 3 nitrogen and oxygen atoms in total. The number of pyridine rings is 1. The van der Waals surface area contributed by atoms with Crippen molar-refractivity contribution in [2.45, 2.75) is 0 Å². The quantitative estimate of drug-likeness (QED) is 0.411. The molecule has 0 unspecified atom stereocenters. The Bertz CT molecular complexity index is 1290. The summed E-state index contributed by atoms with van der Waals surface area (Å²) in [6.45, 7) is 0. The van der Waals surface area contributed by atoms with Crippen LogP contribution in [0.1, 0.15) is 5.69 Å². The molecule has 2 aromatic heterocycles. The predicted octanol–water partition coefficient (Wildman–Crippen LogP) is 5.72. The number of rotatable bonds is 2. The standard InChI is InChI=1S/C24H15N3/c25-16-18-15-17(13-14-26-18)19-7-1-4-10-22(19)27-23-11-5-2-8-20(23)21-9-3-6-12-24(21)27/h1-15H. The Labute approximate surface area is 156 Å². The first-order valence-corrected chi connectivity index (χ1v) is 8.81. The highest BCUT2D eigenvalue weighted by Gasteiger charge is 2.14. The smallest absolute Gasteiger partial charge is 0.141 e. The third-order valence-corrected chi connectivity index (χ3v) is 4.91. The first-order chi connectivity index (χ1) is 13.4. The summed E-state index contributed by atoms with van der Waals surface area (Å²) >= 11 is 0. The van der Waals surface area contributed by atoms with E-state index in [-0.39, 0.29) is 0 Å². The van der Waals surface area contributed by atoms with Crippen molar-refractivity contribution in [3.63, 3.8) is 0 Å². The number of nitrogens with zero attached hydrogens (tertiary/aromatic N) is 3. The molecular weight excluding hydrogens is 330 g/mol. The second kappa shape index (κ2) is 6.12. The number of para-hydroxylation sites is 3. The van der Waals surface area contributed by atoms with Crippen LogP contribution in [0, 0.1) is 11.3 Å². The summed E-state index contributed by atoms with van der Waals surface area (Å²) < 4.78 is 2.30. The van der Waals surface area contributed by atoms with Crippen LogP contribution < -0.4 is 0 Å². The van der Waals surface area contributed by atoms with Crippen molar-refractivity contribution in [1.82, 2.24) is 9.55 Å². The van der Waals surface area contributed by atoms with Gasteiger partial charge in [0.05, 0.1) is 16.7 Å². The Kier molecular flexibility index (Phi) is 3.48. The first kappa shape index (κ1) is 15.4. The molecule has 0 bridgehead atoms. The summed E-state index contributed by atoms with van der Waals surface area (Å²) in [7, 11) is 0. The average molecular weight is 345 g/mol. The maximum absolute atomic E-state index is 9.23. The van der Waals surface area contributed by atoms with E-state index in [0.29, 0.717) is 5.69 Å². The highest BCUT2D eigenvalue weighted by Crippen LogP contribution is 2.35. The lowest BCUT2D eigenvalue weighted by molar-refractivity contribution is 1.18. The minimum atomic E-state index is 0.421. The summed E-state index contributed by atoms with van der Waals surface area (Å²) in [5, 5.41) is 11.7. The number of hydrogen-bond acceptors (Lipinski definition) is 2. The van der Waals surface area contributed by atoms with Gasteiger partial charge in [-0.3, -0.25) is 0 Å². The van der Waals surface area contributed by atoms with E-state index in [1.165, 1.54) is 21.8 Å². The molecule has 0 aliphatic rings. The van der Waals surface area contributed by atoms with Gasteiger partial charge in [0.1, 0.15) is 11.8 Å². The number of hydrogen-bond donors (Lipinski definition) is 0. The summed E-state index contributed by atoms with van der Waals surface area (Å²) in [6, 6.07) is 31.1. The first-order valence-electron chi connectivity index (χ1n) is 8.81. The molecule has 0 aliphatic carbocycles. The Morgan fingerprint density at radius 2 is 1.37 bits per heavy atom. The second-order valence-electron chi connectivity index (χ2n) is 6.43. The molecule has 0 amide bonds. The van der Waals surface area contributed by atoms with E-state index in [1.54, 1.807) is 6.20 Å². The van der Waals surface area contributed by atoms with Crippen LogP contribution in [0.5, 0.6) is 0 Å². The zero-order valence-corrected chi connectivity index (χ0v) is 14.5. The van der Waals surface area contributed by atoms with Crippen LogP contribution in [0.25, 0.3) is 38.6 Å². The fourth-order valence-electron chi connectivity index (χ4n) is 3.75. The summed E-state index contributed by atoms with van der Waals surface area (Å²) in [4.78, 5) is 4.11. The van der Waals surface area contributed by atoms with Gasteiger partial charge < -0.3 is 4.57 Å². The topological polar surface area (TPSA) is 41.6 Å². The van der Waals surface area contributed by atoms with Crippen LogP contribution in [0.4, 0.5) is 0 Å². The third kappa shape index (κ3) is 2.39. The van der Waals surface area contributed by atoms with Crippen molar-refractivity contribution in [2.75, 3.05) is 0 Å². The van der Waals surface area contributed by atoms with E-state index >= 15 is 0 Å². The lowest BCUT2D eigenvalue weighted by Gasteiger charge is -2.14. The van der Waals surface area contributed by atoms with Crippen LogP contribution in [0.3, 0.4) is 0 Å². The van der Waals surface area contributed by atoms with E-state index in [0.717, 1.165) is 16.8 Å². The van der Waals surface area contributed by atoms with Crippen LogP contribution >= 0.6 is 0 Å². The molecule has 0 aliphatic heterocycles. The van der Waals surface area contributed by atoms with Gasteiger partial charge in [0, 0.05) is 22.5 Å². The average Bonchev–Trinajstić information content (AvgIpc) is 3.08. The molecule has 27 heavy (non-hydrogen) atoms. The lowest BCUT2D eigenvalue weighted by atomic mass is 10.0. The molecule has 2 heterocycles. The molecule has 5 rings (SSSR count). The van der Waals surface area contributed by atoms with Gasteiger partial charge in [-0.2, -0.15) is 5.26 Å². The van der Waals surface area contributed by atoms with Gasteiger partial charge in [0.2, 0.25) is 0 Å². The van der Waals surface area contributed by atoms with Gasteiger partial charge in [0.25, 0.3) is 0 Å². The molecule has 5 aromatic rings. The van der Waals surface area contributed by atoms with Gasteiger partial charge in [-0.15, -0.1) is 0 Å². The van der Waals surface area contributed by atoms with Gasteiger partial charge >= 0.3 is 0 Å². The van der Waals surface area contributed by atoms with Crippen LogP contribution in [0.2, 0.25) is 0 Å². The fraction of sp³-hybridized carbons (Fsp3) is 0. The zero-order chi connectivity index (χ0) is 18.2. The lowest BCUT2D eigenvalue weighted by Crippen LogP contribution is -1.97. The molecule has 3 aromatic carbocycles. The summed E-state index contributed by atoms with van der Waals surface area (Å²) in [5.41, 5.74) is 5.90. The molecular formula is C24H15N3. The van der Waals surface area contributed by atoms with E-state index in [1.807, 2.05) is 18.2 Å². The number of aromatic nitrogens is 2. The van der Waals surface area contributed by atoms with E-state index in [4.69, 9.17) is 0 Å². The maximum Gasteiger partial charge on any atom is 0.141 e. The molecule has 0 N–H and O–H groups in total. The Morgan fingerprint density at radius 1 is 0.741 bits per heavy atom. The van der Waals surface area contributed by atoms with Crippen LogP contribution in [-0.4, -0.2) is 9.55 Å². The second-order valence-corrected chi connectivity index (χ2v) is 6.43. The van der Waals surface area contributed by atoms with Gasteiger partial charge in [-0.25, -0.2) is 4.98 Å². The van der Waals surface area contributed by atoms with E-state index in [2.05, 4.69) is 82.4 Å². The molecule has 0 fully saturated rings. The summed E-state index contributed by atoms with van der Waals surface area (Å²) in [6.07, 6.45) is 1.69. The van der Waals surface area contributed by atoms with Crippen LogP contribution in [-0.2, 0) is 0 Å². The fourth-order valence-corrected chi connectivity index (χ4v) is 3.75. The molecule has 0 saturated heterocycles. The molecule has 0 spiro atoms. The normalized spacial score (nSPS) is 10.9. The van der Waals surface area contributed by atoms with Gasteiger partial charge in [-0.1, -0.05) is 54.6 Å². The van der Waals surface area contributed by atoms with Gasteiger partial charge in [-0.05, 0) is 35.9 Å². The van der Waals surface area contributed by atoms with Crippen molar-refractivity contribution in [3.8, 4) is 22.9 Å². The van der Waals surface area contributed by atoms with Crippen molar-refractivity contribution in [3.05, 3.63) is 96.8 Å². The predicted molar refractivity (Wildman–Crippen MR) is 109 cm³/mol. The highest BCUT2D eigenvalue weighted by atomic mass is 15.0. The molecule has 126 valence electrons. The van der Waals surface area contributed by atoms with Crippen molar-refractivity contribution < 1.29 is 0 Å². The molecule has 3 heteroatoms. The molecule has 0 atom stereocenters. The Hall–Kier alpha value is -3.90. The van der Waals surface area contributed by atoms with Gasteiger partial charge in [0.15, 0.2) is 0 Å². The highest BCUT2D eigenvalue weighted by molar-refractivity contribution is 6.09. The minimum absolute atomic E-state index is 0.421. The maximum atomic E-state index is 9.23. The summed E-state index contributed by atoms with van der Waals surface area (Å²) in [5.74, 6) is 0. The number of fused-ring (bicyclic) bond motifs is 3. The van der Waals surface area contributed by atoms with E-state index < -0.39 is 0 Å². The largest absolute Gasteiger partial charge is 0.309 e. The van der Waals surface area contributed by atoms with Crippen molar-refractivity contribution >= 4 is 21.8 Å². The van der Waals surface area contributed by atoms with Crippen molar-refractivity contribution in [1.29, 1.82) is 5.26 Å². The minimum Gasteiger partial charge on any atom is -0.309 e. The third-order valence-electron chi connectivity index (χ3n) is 4.91. The zero-order valence-electron chi connectivity index (χ0n) is 14.5. The SMILES string of the molecule is N#Cc1cc(-c2ccccc2-n2c3ccccc3c3ccccc32)ccn1. The molecule has 0 radical (unpaired) electrons. The Balaban J connectivity index is 1.88. The number of benzene rings is 3. The Morgan fingerprint density at radius 3 is 2.07 bits per heavy atom. The number of nitriles is 1. The monoisotopic (exact) mass is 345 g/mol. The van der Waals surface area contributed by atoms with E-state index in [9.17, 15) is 5.26 Å². The van der Waals surface area contributed by atoms with Crippen LogP contribution in [0.15, 0.2) is 91.1 Å². The molecule has 0 saturated carbocycles.